The summed E-state index contributed by atoms with van der Waals surface area (Å²) in [5.74, 6) is 0.596. The highest BCUT2D eigenvalue weighted by molar-refractivity contribution is 7.99. The van der Waals surface area contributed by atoms with Gasteiger partial charge in [0.1, 0.15) is 0 Å². The fourth-order valence-corrected chi connectivity index (χ4v) is 2.76. The van der Waals surface area contributed by atoms with Crippen LogP contribution < -0.4 is 5.32 Å². The molecule has 3 rings (SSSR count). The normalized spacial score (nSPS) is 19.6. The van der Waals surface area contributed by atoms with Gasteiger partial charge in [0.05, 0.1) is 0 Å². The van der Waals surface area contributed by atoms with Crippen LogP contribution >= 0.6 is 11.8 Å². The van der Waals surface area contributed by atoms with Gasteiger partial charge in [0.15, 0.2) is 0 Å². The fourth-order valence-electron chi connectivity index (χ4n) is 1.83. The van der Waals surface area contributed by atoms with Crippen molar-refractivity contribution < 1.29 is 4.42 Å². The molecule has 2 heterocycles. The Bertz CT molecular complexity index is 480. The third-order valence-electron chi connectivity index (χ3n) is 2.71. The molecule has 1 aliphatic rings. The Morgan fingerprint density at radius 2 is 2.12 bits per heavy atom. The van der Waals surface area contributed by atoms with E-state index in [4.69, 9.17) is 4.42 Å². The van der Waals surface area contributed by atoms with Gasteiger partial charge in [0.25, 0.3) is 5.22 Å². The molecule has 4 nitrogen and oxygen atoms in total. The Morgan fingerprint density at radius 1 is 1.24 bits per heavy atom. The molecule has 0 spiro atoms. The number of hydrogen-bond acceptors (Lipinski definition) is 5. The van der Waals surface area contributed by atoms with Gasteiger partial charge in [-0.05, 0) is 25.1 Å². The molecule has 17 heavy (non-hydrogen) atoms. The lowest BCUT2D eigenvalue weighted by atomic mass is 10.2. The van der Waals surface area contributed by atoms with E-state index in [0.29, 0.717) is 16.4 Å². The van der Waals surface area contributed by atoms with E-state index in [9.17, 15) is 0 Å². The third-order valence-corrected chi connectivity index (χ3v) is 3.81. The van der Waals surface area contributed by atoms with Gasteiger partial charge in [-0.3, -0.25) is 0 Å². The summed E-state index contributed by atoms with van der Waals surface area (Å²) in [6.07, 6.45) is 1.16. The van der Waals surface area contributed by atoms with Crippen LogP contribution in [0.1, 0.15) is 6.42 Å². The van der Waals surface area contributed by atoms with Gasteiger partial charge in [-0.2, -0.15) is 0 Å². The van der Waals surface area contributed by atoms with Crippen molar-refractivity contribution in [1.82, 2.24) is 15.5 Å². The number of benzene rings is 1. The molecule has 0 radical (unpaired) electrons. The number of aromatic nitrogens is 2. The molecule has 0 aliphatic carbocycles. The first-order chi connectivity index (χ1) is 8.42. The van der Waals surface area contributed by atoms with Crippen molar-refractivity contribution in [2.45, 2.75) is 16.9 Å². The fraction of sp³-hybridized carbons (Fsp3) is 0.333. The lowest BCUT2D eigenvalue weighted by Crippen LogP contribution is -2.09. The number of hydrogen-bond donors (Lipinski definition) is 1. The van der Waals surface area contributed by atoms with E-state index < -0.39 is 0 Å². The van der Waals surface area contributed by atoms with Crippen LogP contribution in [-0.2, 0) is 0 Å². The molecule has 2 aromatic rings. The van der Waals surface area contributed by atoms with Crippen molar-refractivity contribution in [1.29, 1.82) is 0 Å². The minimum atomic E-state index is 0.555. The Balaban J connectivity index is 1.74. The average Bonchev–Trinajstić information content (AvgIpc) is 3.02. The molecule has 1 aliphatic heterocycles. The Labute approximate surface area is 104 Å². The maximum Gasteiger partial charge on any atom is 0.277 e. The lowest BCUT2D eigenvalue weighted by molar-refractivity contribution is 0.465. The molecule has 5 heteroatoms. The van der Waals surface area contributed by atoms with Crippen molar-refractivity contribution in [3.8, 4) is 11.5 Å². The highest BCUT2D eigenvalue weighted by Crippen LogP contribution is 2.28. The van der Waals surface area contributed by atoms with Gasteiger partial charge in [-0.1, -0.05) is 30.0 Å². The molecule has 0 saturated carbocycles. The summed E-state index contributed by atoms with van der Waals surface area (Å²) in [7, 11) is 0. The van der Waals surface area contributed by atoms with Gasteiger partial charge < -0.3 is 9.73 Å². The van der Waals surface area contributed by atoms with E-state index in [0.717, 1.165) is 25.1 Å². The van der Waals surface area contributed by atoms with Crippen LogP contribution in [0.5, 0.6) is 0 Å². The van der Waals surface area contributed by atoms with Crippen molar-refractivity contribution in [2.75, 3.05) is 13.1 Å². The van der Waals surface area contributed by atoms with E-state index in [1.54, 1.807) is 11.8 Å². The zero-order valence-electron chi connectivity index (χ0n) is 9.30. The average molecular weight is 247 g/mol. The molecule has 1 aromatic carbocycles. The highest BCUT2D eigenvalue weighted by atomic mass is 32.2. The van der Waals surface area contributed by atoms with Gasteiger partial charge in [0.2, 0.25) is 5.89 Å². The molecule has 1 unspecified atom stereocenters. The van der Waals surface area contributed by atoms with E-state index in [1.807, 2.05) is 30.3 Å². The molecule has 1 saturated heterocycles. The first-order valence-corrected chi connectivity index (χ1v) is 6.56. The molecular weight excluding hydrogens is 234 g/mol. The Kier molecular flexibility index (Phi) is 3.11. The number of nitrogens with one attached hydrogen (secondary N) is 1. The van der Waals surface area contributed by atoms with E-state index >= 15 is 0 Å². The quantitative estimate of drug-likeness (QED) is 0.901. The van der Waals surface area contributed by atoms with Crippen molar-refractivity contribution >= 4 is 11.8 Å². The van der Waals surface area contributed by atoms with Crippen LogP contribution in [-0.4, -0.2) is 28.5 Å². The summed E-state index contributed by atoms with van der Waals surface area (Å²) in [6, 6.07) is 9.85. The predicted molar refractivity (Wildman–Crippen MR) is 66.9 cm³/mol. The van der Waals surface area contributed by atoms with Gasteiger partial charge >= 0.3 is 0 Å². The van der Waals surface area contributed by atoms with Crippen molar-refractivity contribution in [3.05, 3.63) is 30.3 Å². The number of nitrogens with zero attached hydrogens (tertiary/aromatic N) is 2. The van der Waals surface area contributed by atoms with Crippen LogP contribution in [0.25, 0.3) is 11.5 Å². The summed E-state index contributed by atoms with van der Waals surface area (Å²) in [6.45, 7) is 2.10. The molecular formula is C12H13N3OS. The molecule has 1 atom stereocenters. The molecule has 0 bridgehead atoms. The molecule has 1 N–H and O–H groups in total. The topological polar surface area (TPSA) is 51.0 Å². The van der Waals surface area contributed by atoms with Crippen LogP contribution in [0.15, 0.2) is 40.0 Å². The Hall–Kier alpha value is -1.33. The largest absolute Gasteiger partial charge is 0.411 e. The number of rotatable bonds is 3. The van der Waals surface area contributed by atoms with E-state index in [-0.39, 0.29) is 0 Å². The smallest absolute Gasteiger partial charge is 0.277 e. The minimum Gasteiger partial charge on any atom is -0.411 e. The summed E-state index contributed by atoms with van der Waals surface area (Å²) in [5.41, 5.74) is 0.969. The highest BCUT2D eigenvalue weighted by Gasteiger charge is 2.19. The van der Waals surface area contributed by atoms with Crippen LogP contribution in [0.4, 0.5) is 0 Å². The van der Waals surface area contributed by atoms with Crippen LogP contribution in [0.2, 0.25) is 0 Å². The predicted octanol–water partition coefficient (Wildman–Crippen LogP) is 2.19. The molecule has 1 fully saturated rings. The summed E-state index contributed by atoms with van der Waals surface area (Å²) in [5, 5.41) is 12.7. The molecule has 0 amide bonds. The SMILES string of the molecule is c1ccc(-c2nnc(SC3CCNC3)o2)cc1. The van der Waals surface area contributed by atoms with Crippen molar-refractivity contribution in [3.63, 3.8) is 0 Å². The maximum atomic E-state index is 5.64. The van der Waals surface area contributed by atoms with Crippen LogP contribution in [0.3, 0.4) is 0 Å². The second-order valence-electron chi connectivity index (χ2n) is 3.97. The first kappa shape index (κ1) is 10.8. The van der Waals surface area contributed by atoms with Crippen molar-refractivity contribution in [2.24, 2.45) is 0 Å². The van der Waals surface area contributed by atoms with E-state index in [2.05, 4.69) is 15.5 Å². The summed E-state index contributed by atoms with van der Waals surface area (Å²) < 4.78 is 5.64. The Morgan fingerprint density at radius 3 is 2.88 bits per heavy atom. The van der Waals surface area contributed by atoms with Crippen LogP contribution in [0, 0.1) is 0 Å². The molecule has 88 valence electrons. The zero-order chi connectivity index (χ0) is 11.5. The maximum absolute atomic E-state index is 5.64. The van der Waals surface area contributed by atoms with Gasteiger partial charge in [-0.15, -0.1) is 10.2 Å². The number of thioether (sulfide) groups is 1. The summed E-state index contributed by atoms with van der Waals surface area (Å²) >= 11 is 1.66. The second kappa shape index (κ2) is 4.89. The minimum absolute atomic E-state index is 0.555. The third kappa shape index (κ3) is 2.50. The first-order valence-electron chi connectivity index (χ1n) is 5.68. The molecule has 1 aromatic heterocycles. The monoisotopic (exact) mass is 247 g/mol. The van der Waals surface area contributed by atoms with E-state index in [1.165, 1.54) is 0 Å². The lowest BCUT2D eigenvalue weighted by Gasteiger charge is -2.01. The van der Waals surface area contributed by atoms with Gasteiger partial charge in [-0.25, -0.2) is 0 Å². The van der Waals surface area contributed by atoms with Gasteiger partial charge in [0, 0.05) is 17.4 Å². The second-order valence-corrected chi connectivity index (χ2v) is 5.22. The summed E-state index contributed by atoms with van der Waals surface area (Å²) in [4.78, 5) is 0. The zero-order valence-corrected chi connectivity index (χ0v) is 10.1. The standard InChI is InChI=1S/C12H13N3OS/c1-2-4-9(5-3-1)11-14-15-12(16-11)17-10-6-7-13-8-10/h1-5,10,13H,6-8H2.